The van der Waals surface area contributed by atoms with Gasteiger partial charge in [-0.05, 0) is 36.4 Å². The van der Waals surface area contributed by atoms with E-state index >= 15 is 0 Å². The molecule has 22 heavy (non-hydrogen) atoms. The average molecular weight is 328 g/mol. The van der Waals surface area contributed by atoms with Gasteiger partial charge in [0, 0.05) is 17.4 Å². The summed E-state index contributed by atoms with van der Waals surface area (Å²) in [4.78, 5) is 12.2. The highest BCUT2D eigenvalue weighted by Crippen LogP contribution is 2.29. The largest absolute Gasteiger partial charge is 0.416 e. The number of hydrogen-bond donors (Lipinski definition) is 0. The lowest BCUT2D eigenvalue weighted by Crippen LogP contribution is -2.07. The van der Waals surface area contributed by atoms with Crippen LogP contribution in [0, 0.1) is 0 Å². The molecule has 2 aromatic carbocycles. The Balaban J connectivity index is 2.28. The lowest BCUT2D eigenvalue weighted by molar-refractivity contribution is -0.137. The van der Waals surface area contributed by atoms with Crippen molar-refractivity contribution in [1.82, 2.24) is 0 Å². The molecule has 0 N–H and O–H groups in total. The summed E-state index contributed by atoms with van der Waals surface area (Å²) in [5.74, 6) is -0.478. The van der Waals surface area contributed by atoms with Gasteiger partial charge >= 0.3 is 6.18 Å². The lowest BCUT2D eigenvalue weighted by Gasteiger charge is -2.07. The molecule has 0 heterocycles. The Morgan fingerprint density at radius 2 is 1.27 bits per heavy atom. The second-order valence-electron chi connectivity index (χ2n) is 4.70. The first-order valence-electron chi connectivity index (χ1n) is 6.11. The molecule has 3 nitrogen and oxygen atoms in total. The first kappa shape index (κ1) is 16.2. The number of carbonyl (C=O) groups excluding carboxylic acids is 1. The zero-order chi connectivity index (χ0) is 16.5. The minimum atomic E-state index is -4.46. The van der Waals surface area contributed by atoms with Crippen molar-refractivity contribution >= 4 is 15.6 Å². The number of alkyl halides is 3. The predicted molar refractivity (Wildman–Crippen MR) is 74.4 cm³/mol. The maximum absolute atomic E-state index is 12.5. The highest BCUT2D eigenvalue weighted by Gasteiger charge is 2.30. The highest BCUT2D eigenvalue weighted by molar-refractivity contribution is 7.90. The summed E-state index contributed by atoms with van der Waals surface area (Å²) in [6, 6.07) is 9.08. The van der Waals surface area contributed by atoms with E-state index in [9.17, 15) is 26.4 Å². The van der Waals surface area contributed by atoms with Gasteiger partial charge < -0.3 is 0 Å². The fraction of sp³-hybridized carbons (Fsp3) is 0.133. The Morgan fingerprint density at radius 3 is 1.64 bits per heavy atom. The summed E-state index contributed by atoms with van der Waals surface area (Å²) >= 11 is 0. The van der Waals surface area contributed by atoms with Gasteiger partial charge in [0.2, 0.25) is 0 Å². The van der Waals surface area contributed by atoms with E-state index in [2.05, 4.69) is 0 Å². The maximum Gasteiger partial charge on any atom is 0.416 e. The molecular formula is C15H11F3O3S. The van der Waals surface area contributed by atoms with Crippen LogP contribution in [0.2, 0.25) is 0 Å². The molecule has 0 saturated carbocycles. The summed E-state index contributed by atoms with van der Waals surface area (Å²) in [6.07, 6.45) is -3.42. The molecule has 0 spiro atoms. The first-order chi connectivity index (χ1) is 10.1. The summed E-state index contributed by atoms with van der Waals surface area (Å²) in [5, 5.41) is 0. The fourth-order valence-corrected chi connectivity index (χ4v) is 2.46. The number of hydrogen-bond acceptors (Lipinski definition) is 3. The fourth-order valence-electron chi connectivity index (χ4n) is 1.83. The molecule has 0 atom stereocenters. The average Bonchev–Trinajstić information content (AvgIpc) is 2.45. The molecular weight excluding hydrogens is 317 g/mol. The SMILES string of the molecule is CS(=O)(=O)c1ccc(C(=O)c2ccc(C(F)(F)F)cc2)cc1. The van der Waals surface area contributed by atoms with Crippen LogP contribution < -0.4 is 0 Å². The zero-order valence-corrected chi connectivity index (χ0v) is 12.2. The smallest absolute Gasteiger partial charge is 0.289 e. The van der Waals surface area contributed by atoms with Crippen molar-refractivity contribution in [3.63, 3.8) is 0 Å². The van der Waals surface area contributed by atoms with E-state index in [1.807, 2.05) is 0 Å². The van der Waals surface area contributed by atoms with Crippen molar-refractivity contribution in [2.45, 2.75) is 11.1 Å². The van der Waals surface area contributed by atoms with Crippen molar-refractivity contribution in [3.05, 3.63) is 65.2 Å². The van der Waals surface area contributed by atoms with Gasteiger partial charge in [0.25, 0.3) is 0 Å². The van der Waals surface area contributed by atoms with Crippen LogP contribution in [0.3, 0.4) is 0 Å². The number of halogens is 3. The highest BCUT2D eigenvalue weighted by atomic mass is 32.2. The van der Waals surface area contributed by atoms with Gasteiger partial charge in [0.15, 0.2) is 15.6 Å². The van der Waals surface area contributed by atoms with Gasteiger partial charge in [-0.25, -0.2) is 8.42 Å². The van der Waals surface area contributed by atoms with Gasteiger partial charge in [-0.15, -0.1) is 0 Å². The molecule has 0 fully saturated rings. The van der Waals surface area contributed by atoms with Gasteiger partial charge in [-0.1, -0.05) is 12.1 Å². The second-order valence-corrected chi connectivity index (χ2v) is 6.72. The summed E-state index contributed by atoms with van der Waals surface area (Å²) < 4.78 is 60.0. The number of rotatable bonds is 3. The van der Waals surface area contributed by atoms with E-state index in [4.69, 9.17) is 0 Å². The molecule has 0 aliphatic rings. The number of carbonyl (C=O) groups is 1. The quantitative estimate of drug-likeness (QED) is 0.812. The van der Waals surface area contributed by atoms with E-state index in [1.165, 1.54) is 24.3 Å². The van der Waals surface area contributed by atoms with Crippen molar-refractivity contribution in [2.75, 3.05) is 6.26 Å². The van der Waals surface area contributed by atoms with Crippen LogP contribution in [0.15, 0.2) is 53.4 Å². The Labute approximate surface area is 125 Å². The van der Waals surface area contributed by atoms with E-state index in [1.54, 1.807) is 0 Å². The van der Waals surface area contributed by atoms with Gasteiger partial charge in [0.1, 0.15) is 0 Å². The van der Waals surface area contributed by atoms with Crippen LogP contribution in [-0.2, 0) is 16.0 Å². The third-order valence-corrected chi connectivity index (χ3v) is 4.15. The van der Waals surface area contributed by atoms with Gasteiger partial charge in [-0.2, -0.15) is 13.2 Å². The normalized spacial score (nSPS) is 12.2. The second kappa shape index (κ2) is 5.57. The Bertz CT molecular complexity index is 789. The number of ketones is 1. The van der Waals surface area contributed by atoms with Crippen LogP contribution in [0.25, 0.3) is 0 Å². The molecule has 0 amide bonds. The lowest BCUT2D eigenvalue weighted by atomic mass is 10.0. The van der Waals surface area contributed by atoms with Crippen LogP contribution in [0.5, 0.6) is 0 Å². The monoisotopic (exact) mass is 328 g/mol. The van der Waals surface area contributed by atoms with Crippen LogP contribution >= 0.6 is 0 Å². The number of sulfone groups is 1. The first-order valence-corrected chi connectivity index (χ1v) is 8.00. The van der Waals surface area contributed by atoms with Crippen molar-refractivity contribution < 1.29 is 26.4 Å². The number of benzene rings is 2. The molecule has 0 aliphatic carbocycles. The topological polar surface area (TPSA) is 51.2 Å². The van der Waals surface area contributed by atoms with E-state index in [0.29, 0.717) is 0 Å². The molecule has 0 unspecified atom stereocenters. The van der Waals surface area contributed by atoms with Gasteiger partial charge in [0.05, 0.1) is 10.5 Å². The maximum atomic E-state index is 12.5. The summed E-state index contributed by atoms with van der Waals surface area (Å²) in [7, 11) is -3.37. The molecule has 2 rings (SSSR count). The summed E-state index contributed by atoms with van der Waals surface area (Å²) in [6.45, 7) is 0. The van der Waals surface area contributed by atoms with Crippen molar-refractivity contribution in [1.29, 1.82) is 0 Å². The van der Waals surface area contributed by atoms with Gasteiger partial charge in [-0.3, -0.25) is 4.79 Å². The third kappa shape index (κ3) is 3.54. The molecule has 0 aromatic heterocycles. The van der Waals surface area contributed by atoms with E-state index in [0.717, 1.165) is 30.5 Å². The molecule has 2 aromatic rings. The third-order valence-electron chi connectivity index (χ3n) is 3.02. The van der Waals surface area contributed by atoms with E-state index < -0.39 is 27.4 Å². The van der Waals surface area contributed by atoms with Crippen LogP contribution in [0.4, 0.5) is 13.2 Å². The van der Waals surface area contributed by atoms with Crippen LogP contribution in [-0.4, -0.2) is 20.5 Å². The van der Waals surface area contributed by atoms with E-state index in [-0.39, 0.29) is 16.0 Å². The van der Waals surface area contributed by atoms with Crippen molar-refractivity contribution in [3.8, 4) is 0 Å². The predicted octanol–water partition coefficient (Wildman–Crippen LogP) is 3.34. The molecule has 0 saturated heterocycles. The Hall–Kier alpha value is -2.15. The molecule has 7 heteroatoms. The van der Waals surface area contributed by atoms with Crippen molar-refractivity contribution in [2.24, 2.45) is 0 Å². The Morgan fingerprint density at radius 1 is 0.864 bits per heavy atom. The minimum Gasteiger partial charge on any atom is -0.289 e. The summed E-state index contributed by atoms with van der Waals surface area (Å²) in [5.41, 5.74) is -0.538. The minimum absolute atomic E-state index is 0.0662. The molecule has 0 bridgehead atoms. The molecule has 0 radical (unpaired) electrons. The van der Waals surface area contributed by atoms with Crippen LogP contribution in [0.1, 0.15) is 21.5 Å². The molecule has 116 valence electrons. The zero-order valence-electron chi connectivity index (χ0n) is 11.4. The Kier molecular flexibility index (Phi) is 4.10. The molecule has 0 aliphatic heterocycles. The standard InChI is InChI=1S/C15H11F3O3S/c1-22(20,21)13-8-4-11(5-9-13)14(19)10-2-6-12(7-3-10)15(16,17)18/h2-9H,1H3.